The molecule has 2 aromatic rings. The Morgan fingerprint density at radius 2 is 1.49 bits per heavy atom. The van der Waals surface area contributed by atoms with Crippen LogP contribution in [0.3, 0.4) is 0 Å². The maximum absolute atomic E-state index is 14.0. The van der Waals surface area contributed by atoms with Crippen LogP contribution >= 0.6 is 0 Å². The van der Waals surface area contributed by atoms with Gasteiger partial charge >= 0.3 is 12.4 Å². The molecule has 0 saturated heterocycles. The molecule has 0 spiro atoms. The summed E-state index contributed by atoms with van der Waals surface area (Å²) in [6, 6.07) is 14.0. The number of alkyl halides is 6. The molecule has 1 aliphatic rings. The predicted octanol–water partition coefficient (Wildman–Crippen LogP) is 8.41. The van der Waals surface area contributed by atoms with Gasteiger partial charge in [-0.05, 0) is 80.7 Å². The molecule has 2 atom stereocenters. The van der Waals surface area contributed by atoms with Crippen LogP contribution in [0.1, 0.15) is 74.6 Å². The fourth-order valence-electron chi connectivity index (χ4n) is 5.54. The van der Waals surface area contributed by atoms with Gasteiger partial charge < -0.3 is 4.90 Å². The van der Waals surface area contributed by atoms with Crippen LogP contribution in [0.2, 0.25) is 0 Å². The molecular weight excluding hydrogens is 490 g/mol. The molecule has 1 aliphatic carbocycles. The highest BCUT2D eigenvalue weighted by Gasteiger charge is 2.54. The summed E-state index contributed by atoms with van der Waals surface area (Å²) in [5, 5.41) is 10.3. The van der Waals surface area contributed by atoms with Gasteiger partial charge in [-0.1, -0.05) is 50.2 Å². The van der Waals surface area contributed by atoms with Gasteiger partial charge in [-0.2, -0.15) is 31.6 Å². The van der Waals surface area contributed by atoms with Crippen LogP contribution in [-0.2, 0) is 24.2 Å². The van der Waals surface area contributed by atoms with E-state index in [0.717, 1.165) is 37.6 Å². The number of hydrogen-bond donors (Lipinski definition) is 0. The lowest BCUT2D eigenvalue weighted by Gasteiger charge is -2.36. The van der Waals surface area contributed by atoms with E-state index in [1.54, 1.807) is 0 Å². The predicted molar refractivity (Wildman–Crippen MR) is 132 cm³/mol. The van der Waals surface area contributed by atoms with Crippen LogP contribution in [0.5, 0.6) is 0 Å². The largest absolute Gasteiger partial charge is 0.416 e. The van der Waals surface area contributed by atoms with Crippen molar-refractivity contribution < 1.29 is 26.3 Å². The Labute approximate surface area is 215 Å². The minimum absolute atomic E-state index is 0.0472. The average Bonchev–Trinajstić information content (AvgIpc) is 3.70. The van der Waals surface area contributed by atoms with E-state index in [9.17, 15) is 31.6 Å². The fourth-order valence-corrected chi connectivity index (χ4v) is 5.54. The van der Waals surface area contributed by atoms with Gasteiger partial charge in [0.05, 0.1) is 22.6 Å². The van der Waals surface area contributed by atoms with Crippen molar-refractivity contribution in [3.05, 3.63) is 70.8 Å². The van der Waals surface area contributed by atoms with Crippen molar-refractivity contribution in [3.8, 4) is 6.07 Å². The average molecular weight is 525 g/mol. The highest BCUT2D eigenvalue weighted by Crippen LogP contribution is 2.55. The first-order valence-electron chi connectivity index (χ1n) is 12.9. The molecule has 1 fully saturated rings. The normalized spacial score (nSPS) is 16.9. The number of benzene rings is 2. The molecule has 2 nitrogen and oxygen atoms in total. The minimum Gasteiger partial charge on any atom is -0.300 e. The Kier molecular flexibility index (Phi) is 9.33. The lowest BCUT2D eigenvalue weighted by atomic mass is 9.69. The molecule has 1 saturated carbocycles. The van der Waals surface area contributed by atoms with Crippen molar-refractivity contribution in [2.45, 2.75) is 82.6 Å². The maximum Gasteiger partial charge on any atom is 0.416 e. The standard InChI is InChI=1S/C29H34F6N2/c1-3-18-37(19-16-21-9-6-5-7-10-21)23(4-2)15-17-27(20-36,22-13-14-22)26-24(28(30,31)32)11-8-12-25(26)29(33,34)35/h5-12,22-23H,3-4,13-19H2,1-2H3. The highest BCUT2D eigenvalue weighted by atomic mass is 19.4. The summed E-state index contributed by atoms with van der Waals surface area (Å²) in [6.45, 7) is 5.51. The van der Waals surface area contributed by atoms with Crippen LogP contribution in [0.4, 0.5) is 26.3 Å². The Hall–Kier alpha value is -2.53. The summed E-state index contributed by atoms with van der Waals surface area (Å²) in [4.78, 5) is 2.27. The van der Waals surface area contributed by atoms with Crippen LogP contribution in [-0.4, -0.2) is 24.0 Å². The van der Waals surface area contributed by atoms with Crippen LogP contribution in [0.15, 0.2) is 48.5 Å². The quantitative estimate of drug-likeness (QED) is 0.261. The number of nitriles is 1. The molecule has 0 aliphatic heterocycles. The highest BCUT2D eigenvalue weighted by molar-refractivity contribution is 5.49. The molecule has 2 aromatic carbocycles. The molecule has 0 amide bonds. The van der Waals surface area contributed by atoms with E-state index in [0.29, 0.717) is 37.8 Å². The minimum atomic E-state index is -5.00. The first-order chi connectivity index (χ1) is 17.5. The molecule has 0 radical (unpaired) electrons. The van der Waals surface area contributed by atoms with Gasteiger partial charge in [-0.15, -0.1) is 0 Å². The zero-order valence-corrected chi connectivity index (χ0v) is 21.3. The van der Waals surface area contributed by atoms with Crippen molar-refractivity contribution in [2.24, 2.45) is 5.92 Å². The van der Waals surface area contributed by atoms with Crippen molar-refractivity contribution in [1.82, 2.24) is 4.90 Å². The molecule has 37 heavy (non-hydrogen) atoms. The Morgan fingerprint density at radius 3 is 1.95 bits per heavy atom. The summed E-state index contributed by atoms with van der Waals surface area (Å²) in [7, 11) is 0. The third-order valence-electron chi connectivity index (χ3n) is 7.50. The molecule has 0 heterocycles. The van der Waals surface area contributed by atoms with Crippen LogP contribution in [0, 0.1) is 17.2 Å². The molecule has 3 rings (SSSR count). The van der Waals surface area contributed by atoms with Gasteiger partial charge in [0, 0.05) is 12.6 Å². The smallest absolute Gasteiger partial charge is 0.300 e. The van der Waals surface area contributed by atoms with E-state index in [2.05, 4.69) is 4.90 Å². The van der Waals surface area contributed by atoms with Gasteiger partial charge in [-0.25, -0.2) is 0 Å². The monoisotopic (exact) mass is 524 g/mol. The number of halogens is 6. The Morgan fingerprint density at radius 1 is 0.892 bits per heavy atom. The first-order valence-corrected chi connectivity index (χ1v) is 12.9. The third kappa shape index (κ3) is 6.87. The van der Waals surface area contributed by atoms with Crippen LogP contribution in [0.25, 0.3) is 0 Å². The molecule has 202 valence electrons. The third-order valence-corrected chi connectivity index (χ3v) is 7.50. The van der Waals surface area contributed by atoms with Crippen molar-refractivity contribution in [1.29, 1.82) is 5.26 Å². The van der Waals surface area contributed by atoms with E-state index < -0.39 is 40.4 Å². The second-order valence-electron chi connectivity index (χ2n) is 9.95. The van der Waals surface area contributed by atoms with Gasteiger partial charge in [0.15, 0.2) is 0 Å². The van der Waals surface area contributed by atoms with Gasteiger partial charge in [0.2, 0.25) is 0 Å². The van der Waals surface area contributed by atoms with Crippen molar-refractivity contribution in [2.75, 3.05) is 13.1 Å². The first kappa shape index (κ1) is 29.0. The second kappa shape index (κ2) is 11.9. The summed E-state index contributed by atoms with van der Waals surface area (Å²) in [5.41, 5.74) is -4.27. The lowest BCUT2D eigenvalue weighted by molar-refractivity contribution is -0.145. The molecule has 0 bridgehead atoms. The Balaban J connectivity index is 1.97. The second-order valence-corrected chi connectivity index (χ2v) is 9.95. The van der Waals surface area contributed by atoms with Crippen molar-refractivity contribution in [3.63, 3.8) is 0 Å². The molecule has 2 unspecified atom stereocenters. The number of rotatable bonds is 12. The van der Waals surface area contributed by atoms with Crippen molar-refractivity contribution >= 4 is 0 Å². The zero-order valence-electron chi connectivity index (χ0n) is 21.3. The molecular formula is C29H34F6N2. The van der Waals surface area contributed by atoms with E-state index in [1.165, 1.54) is 0 Å². The van der Waals surface area contributed by atoms with Gasteiger partial charge in [0.25, 0.3) is 0 Å². The molecule has 0 N–H and O–H groups in total. The zero-order chi connectivity index (χ0) is 27.3. The molecule has 8 heteroatoms. The number of nitrogens with zero attached hydrogens (tertiary/aromatic N) is 2. The maximum atomic E-state index is 14.0. The summed E-state index contributed by atoms with van der Waals surface area (Å²) < 4.78 is 84.2. The topological polar surface area (TPSA) is 27.0 Å². The fraction of sp³-hybridized carbons (Fsp3) is 0.552. The SMILES string of the molecule is CCCN(CCc1ccccc1)C(CC)CCC(C#N)(c1c(C(F)(F)F)cccc1C(F)(F)F)C1CC1. The van der Waals surface area contributed by atoms with Gasteiger partial charge in [-0.3, -0.25) is 0 Å². The summed E-state index contributed by atoms with van der Waals surface area (Å²) in [6.07, 6.45) is -6.46. The number of hydrogen-bond acceptors (Lipinski definition) is 2. The molecule has 0 aromatic heterocycles. The van der Waals surface area contributed by atoms with Crippen LogP contribution < -0.4 is 0 Å². The Bertz CT molecular complexity index is 1020. The van der Waals surface area contributed by atoms with Gasteiger partial charge in [0.1, 0.15) is 0 Å². The van der Waals surface area contributed by atoms with E-state index in [-0.39, 0.29) is 12.5 Å². The van der Waals surface area contributed by atoms with E-state index in [1.807, 2.05) is 50.2 Å². The van der Waals surface area contributed by atoms with E-state index >= 15 is 0 Å². The lowest BCUT2D eigenvalue weighted by Crippen LogP contribution is -2.40. The summed E-state index contributed by atoms with van der Waals surface area (Å²) in [5.74, 6) is -0.524. The van der Waals surface area contributed by atoms with E-state index in [4.69, 9.17) is 0 Å². The summed E-state index contributed by atoms with van der Waals surface area (Å²) >= 11 is 0.